The van der Waals surface area contributed by atoms with Gasteiger partial charge in [0.05, 0.1) is 0 Å². The molecular formula is C30H30F3NO5. The van der Waals surface area contributed by atoms with Crippen LogP contribution >= 0.6 is 0 Å². The van der Waals surface area contributed by atoms with Crippen LogP contribution in [0.1, 0.15) is 52.7 Å². The smallest absolute Gasteiger partial charge is 0.303 e. The number of aryl methyl sites for hydroxylation is 2. The van der Waals surface area contributed by atoms with Crippen LogP contribution in [0.15, 0.2) is 60.7 Å². The van der Waals surface area contributed by atoms with E-state index < -0.39 is 23.1 Å². The van der Waals surface area contributed by atoms with Crippen molar-refractivity contribution in [2.75, 3.05) is 13.2 Å². The normalized spacial score (nSPS) is 14.5. The fourth-order valence-corrected chi connectivity index (χ4v) is 4.72. The van der Waals surface area contributed by atoms with Crippen molar-refractivity contribution in [3.63, 3.8) is 0 Å². The maximum atomic E-state index is 14.0. The van der Waals surface area contributed by atoms with E-state index >= 15 is 0 Å². The van der Waals surface area contributed by atoms with Crippen molar-refractivity contribution >= 4 is 11.9 Å². The van der Waals surface area contributed by atoms with Gasteiger partial charge in [0.1, 0.15) is 18.2 Å². The van der Waals surface area contributed by atoms with Gasteiger partial charge in [0.2, 0.25) is 0 Å². The quantitative estimate of drug-likeness (QED) is 0.330. The summed E-state index contributed by atoms with van der Waals surface area (Å²) in [5.41, 5.74) is 1.59. The van der Waals surface area contributed by atoms with E-state index in [1.807, 2.05) is 6.07 Å². The monoisotopic (exact) mass is 541 g/mol. The Balaban J connectivity index is 1.55. The zero-order chi connectivity index (χ0) is 27.8. The van der Waals surface area contributed by atoms with Crippen molar-refractivity contribution in [2.24, 2.45) is 0 Å². The third-order valence-electron chi connectivity index (χ3n) is 6.92. The number of nitrogens with one attached hydrogen (secondary N) is 1. The van der Waals surface area contributed by atoms with Crippen LogP contribution in [0.4, 0.5) is 13.2 Å². The number of amides is 1. The number of rotatable bonds is 11. The van der Waals surface area contributed by atoms with Crippen LogP contribution in [0.3, 0.4) is 0 Å². The molecule has 1 amide bonds. The summed E-state index contributed by atoms with van der Waals surface area (Å²) in [6, 6.07) is 14.2. The maximum absolute atomic E-state index is 14.0. The number of carboxylic acid groups (broad SMARTS) is 1. The topological polar surface area (TPSA) is 84.9 Å². The Morgan fingerprint density at radius 2 is 1.69 bits per heavy atom. The molecule has 2 N–H and O–H groups in total. The van der Waals surface area contributed by atoms with Crippen molar-refractivity contribution in [1.29, 1.82) is 0 Å². The molecular weight excluding hydrogens is 511 g/mol. The van der Waals surface area contributed by atoms with Gasteiger partial charge in [-0.05, 0) is 79.1 Å². The van der Waals surface area contributed by atoms with Crippen molar-refractivity contribution < 1.29 is 37.3 Å². The summed E-state index contributed by atoms with van der Waals surface area (Å²) in [6.45, 7) is 0.795. The Labute approximate surface area is 224 Å². The molecule has 39 heavy (non-hydrogen) atoms. The van der Waals surface area contributed by atoms with E-state index in [1.165, 1.54) is 12.1 Å². The van der Waals surface area contributed by atoms with Crippen molar-refractivity contribution in [1.82, 2.24) is 5.32 Å². The molecule has 1 heterocycles. The summed E-state index contributed by atoms with van der Waals surface area (Å²) in [7, 11) is 0. The standard InChI is InChI=1S/C30H30F3NO5/c31-23-3-1-2-20(16-23)10-11-30(12-14-38-15-13-30)34-29(37)25-17-21(4-5-22(25)6-9-28(35)36)19-39-27-18-24(32)7-8-26(27)33/h1-5,7-8,16-18H,6,9-15,19H2,(H,34,37)(H,35,36). The number of halogens is 3. The Morgan fingerprint density at radius 3 is 2.44 bits per heavy atom. The van der Waals surface area contributed by atoms with Gasteiger partial charge in [-0.2, -0.15) is 0 Å². The number of carboxylic acids is 1. The summed E-state index contributed by atoms with van der Waals surface area (Å²) < 4.78 is 52.2. The Bertz CT molecular complexity index is 1320. The highest BCUT2D eigenvalue weighted by Gasteiger charge is 2.34. The second-order valence-corrected chi connectivity index (χ2v) is 9.73. The summed E-state index contributed by atoms with van der Waals surface area (Å²) in [4.78, 5) is 24.9. The van der Waals surface area contributed by atoms with E-state index in [0.717, 1.165) is 23.8 Å². The van der Waals surface area contributed by atoms with Gasteiger partial charge in [-0.25, -0.2) is 13.2 Å². The van der Waals surface area contributed by atoms with Gasteiger partial charge in [0.25, 0.3) is 5.91 Å². The number of hydrogen-bond acceptors (Lipinski definition) is 4. The number of aliphatic carboxylic acids is 1. The van der Waals surface area contributed by atoms with E-state index in [1.54, 1.807) is 24.3 Å². The first-order valence-electron chi connectivity index (χ1n) is 12.8. The third-order valence-corrected chi connectivity index (χ3v) is 6.92. The van der Waals surface area contributed by atoms with Gasteiger partial charge in [0, 0.05) is 36.8 Å². The van der Waals surface area contributed by atoms with Gasteiger partial charge < -0.3 is 19.9 Å². The lowest BCUT2D eigenvalue weighted by molar-refractivity contribution is -0.136. The minimum absolute atomic E-state index is 0.127. The molecule has 1 fully saturated rings. The molecule has 1 saturated heterocycles. The molecule has 0 atom stereocenters. The molecule has 0 aliphatic carbocycles. The summed E-state index contributed by atoms with van der Waals surface area (Å²) in [5.74, 6) is -3.31. The minimum atomic E-state index is -0.994. The van der Waals surface area contributed by atoms with Crippen LogP contribution in [0.2, 0.25) is 0 Å². The van der Waals surface area contributed by atoms with Crippen LogP contribution < -0.4 is 10.1 Å². The molecule has 0 spiro atoms. The first-order chi connectivity index (χ1) is 18.7. The molecule has 9 heteroatoms. The Morgan fingerprint density at radius 1 is 0.923 bits per heavy atom. The Hall–Kier alpha value is -3.85. The predicted octanol–water partition coefficient (Wildman–Crippen LogP) is 5.61. The fourth-order valence-electron chi connectivity index (χ4n) is 4.72. The zero-order valence-electron chi connectivity index (χ0n) is 21.4. The Kier molecular flexibility index (Phi) is 9.24. The molecule has 0 unspecified atom stereocenters. The molecule has 1 aliphatic heterocycles. The van der Waals surface area contributed by atoms with Crippen molar-refractivity contribution in [3.8, 4) is 5.75 Å². The molecule has 4 rings (SSSR count). The van der Waals surface area contributed by atoms with Crippen LogP contribution in [-0.4, -0.2) is 35.7 Å². The number of benzene rings is 3. The average molecular weight is 542 g/mol. The molecule has 0 aromatic heterocycles. The average Bonchev–Trinajstić information content (AvgIpc) is 2.92. The first kappa shape index (κ1) is 28.2. The van der Waals surface area contributed by atoms with E-state index in [0.29, 0.717) is 50.0 Å². The minimum Gasteiger partial charge on any atom is -0.486 e. The summed E-state index contributed by atoms with van der Waals surface area (Å²) in [6.07, 6.45) is 2.23. The zero-order valence-corrected chi connectivity index (χ0v) is 21.4. The van der Waals surface area contributed by atoms with Gasteiger partial charge in [-0.15, -0.1) is 0 Å². The second kappa shape index (κ2) is 12.8. The third kappa shape index (κ3) is 7.83. The van der Waals surface area contributed by atoms with E-state index in [4.69, 9.17) is 9.47 Å². The van der Waals surface area contributed by atoms with Gasteiger partial charge >= 0.3 is 5.97 Å². The molecule has 206 valence electrons. The summed E-state index contributed by atoms with van der Waals surface area (Å²) in [5, 5.41) is 12.4. The number of carbonyl (C=O) groups is 2. The van der Waals surface area contributed by atoms with Gasteiger partial charge in [0.15, 0.2) is 11.6 Å². The molecule has 6 nitrogen and oxygen atoms in total. The largest absolute Gasteiger partial charge is 0.486 e. The van der Waals surface area contributed by atoms with E-state index in [2.05, 4.69) is 5.32 Å². The van der Waals surface area contributed by atoms with Crippen LogP contribution in [0, 0.1) is 17.5 Å². The molecule has 0 radical (unpaired) electrons. The first-order valence-corrected chi connectivity index (χ1v) is 12.8. The molecule has 0 bridgehead atoms. The molecule has 1 aliphatic rings. The lowest BCUT2D eigenvalue weighted by atomic mass is 9.83. The molecule has 3 aromatic carbocycles. The number of hydrogen-bond donors (Lipinski definition) is 2. The highest BCUT2D eigenvalue weighted by atomic mass is 19.1. The second-order valence-electron chi connectivity index (χ2n) is 9.73. The summed E-state index contributed by atoms with van der Waals surface area (Å²) >= 11 is 0. The highest BCUT2D eigenvalue weighted by molar-refractivity contribution is 5.96. The van der Waals surface area contributed by atoms with E-state index in [-0.39, 0.29) is 42.5 Å². The van der Waals surface area contributed by atoms with Crippen molar-refractivity contribution in [2.45, 2.75) is 50.7 Å². The fraction of sp³-hybridized carbons (Fsp3) is 0.333. The van der Waals surface area contributed by atoms with E-state index in [9.17, 15) is 27.9 Å². The lowest BCUT2D eigenvalue weighted by Crippen LogP contribution is -2.52. The van der Waals surface area contributed by atoms with Crippen LogP contribution in [0.25, 0.3) is 0 Å². The lowest BCUT2D eigenvalue weighted by Gasteiger charge is -2.38. The van der Waals surface area contributed by atoms with Crippen LogP contribution in [0.5, 0.6) is 5.75 Å². The predicted molar refractivity (Wildman–Crippen MR) is 138 cm³/mol. The molecule has 3 aromatic rings. The molecule has 0 saturated carbocycles. The maximum Gasteiger partial charge on any atom is 0.303 e. The van der Waals surface area contributed by atoms with Crippen LogP contribution in [-0.2, 0) is 29.0 Å². The number of ether oxygens (including phenoxy) is 2. The SMILES string of the molecule is O=C(O)CCc1ccc(COc2cc(F)ccc2F)cc1C(=O)NC1(CCc2cccc(F)c2)CCOCC1. The van der Waals surface area contributed by atoms with Gasteiger partial charge in [-0.3, -0.25) is 9.59 Å². The highest BCUT2D eigenvalue weighted by Crippen LogP contribution is 2.28. The number of carbonyl (C=O) groups excluding carboxylic acids is 1. The van der Waals surface area contributed by atoms with Crippen molar-refractivity contribution in [3.05, 3.63) is 100 Å². The van der Waals surface area contributed by atoms with Gasteiger partial charge in [-0.1, -0.05) is 24.3 Å².